The minimum Gasteiger partial charge on any atom is -0.496 e. The summed E-state index contributed by atoms with van der Waals surface area (Å²) in [5.41, 5.74) is 3.36. The molecule has 2 aliphatic heterocycles. The van der Waals surface area contributed by atoms with E-state index in [9.17, 15) is 4.79 Å². The molecule has 138 valence electrons. The maximum atomic E-state index is 11.9. The van der Waals surface area contributed by atoms with Gasteiger partial charge in [-0.2, -0.15) is 0 Å². The smallest absolute Gasteiger partial charge is 0.409 e. The van der Waals surface area contributed by atoms with Crippen LogP contribution in [0.1, 0.15) is 36.0 Å². The molecule has 0 saturated carbocycles. The van der Waals surface area contributed by atoms with E-state index in [2.05, 4.69) is 11.0 Å². The number of benzene rings is 1. The highest BCUT2D eigenvalue weighted by Crippen LogP contribution is 2.39. The zero-order valence-corrected chi connectivity index (χ0v) is 15.5. The molecule has 6 heteroatoms. The molecule has 0 aliphatic carbocycles. The number of rotatable bonds is 4. The van der Waals surface area contributed by atoms with E-state index in [1.54, 1.807) is 19.1 Å². The second-order valence-electron chi connectivity index (χ2n) is 6.71. The van der Waals surface area contributed by atoms with E-state index >= 15 is 0 Å². The van der Waals surface area contributed by atoms with Gasteiger partial charge < -0.3 is 19.1 Å². The largest absolute Gasteiger partial charge is 0.496 e. The van der Waals surface area contributed by atoms with Gasteiger partial charge in [0, 0.05) is 29.8 Å². The number of nitrogens with zero attached hydrogens (tertiary/aromatic N) is 2. The van der Waals surface area contributed by atoms with Crippen LogP contribution in [0.15, 0.2) is 6.07 Å². The SMILES string of the molecule is COC(=O)N1CCc2c(c(OC)cc(CN3CCCCC3)c2OC)C1. The van der Waals surface area contributed by atoms with E-state index in [1.807, 2.05) is 0 Å². The standard InChI is InChI=1S/C19H28N2O4/c1-23-17-11-14(12-20-8-5-4-6-9-20)18(24-2)15-7-10-21(13-16(15)17)19(22)25-3/h11H,4-10,12-13H2,1-3H3. The van der Waals surface area contributed by atoms with Gasteiger partial charge in [-0.05, 0) is 38.4 Å². The van der Waals surface area contributed by atoms with E-state index in [-0.39, 0.29) is 6.09 Å². The molecule has 1 fully saturated rings. The van der Waals surface area contributed by atoms with Crippen LogP contribution >= 0.6 is 0 Å². The summed E-state index contributed by atoms with van der Waals surface area (Å²) < 4.78 is 16.3. The fourth-order valence-corrected chi connectivity index (χ4v) is 3.94. The summed E-state index contributed by atoms with van der Waals surface area (Å²) in [4.78, 5) is 16.1. The minimum atomic E-state index is -0.302. The van der Waals surface area contributed by atoms with E-state index in [0.29, 0.717) is 13.1 Å². The Balaban J connectivity index is 1.92. The van der Waals surface area contributed by atoms with Crippen LogP contribution in [-0.2, 0) is 24.2 Å². The molecule has 6 nitrogen and oxygen atoms in total. The zero-order chi connectivity index (χ0) is 17.8. The summed E-state index contributed by atoms with van der Waals surface area (Å²) in [6.45, 7) is 4.28. The molecule has 0 N–H and O–H groups in total. The van der Waals surface area contributed by atoms with E-state index in [1.165, 1.54) is 31.9 Å². The highest BCUT2D eigenvalue weighted by molar-refractivity contribution is 5.69. The lowest BCUT2D eigenvalue weighted by molar-refractivity contribution is 0.118. The normalized spacial score (nSPS) is 17.8. The summed E-state index contributed by atoms with van der Waals surface area (Å²) in [7, 11) is 4.83. The molecule has 1 aromatic carbocycles. The van der Waals surface area contributed by atoms with Crippen molar-refractivity contribution in [1.82, 2.24) is 9.80 Å². The van der Waals surface area contributed by atoms with Gasteiger partial charge in [-0.15, -0.1) is 0 Å². The van der Waals surface area contributed by atoms with Crippen molar-refractivity contribution in [2.24, 2.45) is 0 Å². The fraction of sp³-hybridized carbons (Fsp3) is 0.632. The lowest BCUT2D eigenvalue weighted by Gasteiger charge is -2.32. The lowest BCUT2D eigenvalue weighted by Crippen LogP contribution is -2.36. The van der Waals surface area contributed by atoms with Gasteiger partial charge in [0.2, 0.25) is 0 Å². The number of carbonyl (C=O) groups is 1. The van der Waals surface area contributed by atoms with E-state index in [0.717, 1.165) is 48.7 Å². The van der Waals surface area contributed by atoms with E-state index < -0.39 is 0 Å². The number of piperidine rings is 1. The first-order valence-electron chi connectivity index (χ1n) is 8.98. The van der Waals surface area contributed by atoms with Crippen LogP contribution in [0.25, 0.3) is 0 Å². The fourth-order valence-electron chi connectivity index (χ4n) is 3.94. The number of likely N-dealkylation sites (tertiary alicyclic amines) is 1. The van der Waals surface area contributed by atoms with Gasteiger partial charge in [0.25, 0.3) is 0 Å². The first kappa shape index (κ1) is 17.9. The number of hydrogen-bond donors (Lipinski definition) is 0. The number of fused-ring (bicyclic) bond motifs is 1. The number of hydrogen-bond acceptors (Lipinski definition) is 5. The van der Waals surface area contributed by atoms with Crippen LogP contribution in [0.4, 0.5) is 4.79 Å². The van der Waals surface area contributed by atoms with Gasteiger partial charge in [-0.3, -0.25) is 4.90 Å². The summed E-state index contributed by atoms with van der Waals surface area (Å²) in [5.74, 6) is 1.78. The number of amides is 1. The number of methoxy groups -OCH3 is 3. The van der Waals surface area contributed by atoms with Crippen LogP contribution < -0.4 is 9.47 Å². The van der Waals surface area contributed by atoms with Gasteiger partial charge in [-0.25, -0.2) is 4.79 Å². The predicted molar refractivity (Wildman–Crippen MR) is 95.2 cm³/mol. The zero-order valence-electron chi connectivity index (χ0n) is 15.5. The molecule has 0 aromatic heterocycles. The Hall–Kier alpha value is -1.95. The molecular weight excluding hydrogens is 320 g/mol. The van der Waals surface area contributed by atoms with Crippen molar-refractivity contribution in [2.75, 3.05) is 41.0 Å². The molecule has 1 amide bonds. The van der Waals surface area contributed by atoms with Gasteiger partial charge in [0.1, 0.15) is 11.5 Å². The molecule has 1 aromatic rings. The Kier molecular flexibility index (Phi) is 5.68. The topological polar surface area (TPSA) is 51.2 Å². The average molecular weight is 348 g/mol. The van der Waals surface area contributed by atoms with Crippen LogP contribution in [0, 0.1) is 0 Å². The van der Waals surface area contributed by atoms with Crippen LogP contribution in [-0.4, -0.2) is 56.9 Å². The van der Waals surface area contributed by atoms with Gasteiger partial charge >= 0.3 is 6.09 Å². The average Bonchev–Trinajstić information content (AvgIpc) is 2.67. The Morgan fingerprint density at radius 2 is 1.80 bits per heavy atom. The third-order valence-electron chi connectivity index (χ3n) is 5.21. The van der Waals surface area contributed by atoms with Gasteiger partial charge in [-0.1, -0.05) is 6.42 Å². The van der Waals surface area contributed by atoms with Crippen molar-refractivity contribution in [3.8, 4) is 11.5 Å². The highest BCUT2D eigenvalue weighted by Gasteiger charge is 2.28. The molecule has 0 bridgehead atoms. The molecule has 0 radical (unpaired) electrons. The van der Waals surface area contributed by atoms with Gasteiger partial charge in [0.05, 0.1) is 27.9 Å². The van der Waals surface area contributed by atoms with Crippen molar-refractivity contribution in [1.29, 1.82) is 0 Å². The molecule has 0 atom stereocenters. The van der Waals surface area contributed by atoms with Crippen LogP contribution in [0.2, 0.25) is 0 Å². The molecule has 25 heavy (non-hydrogen) atoms. The minimum absolute atomic E-state index is 0.302. The monoisotopic (exact) mass is 348 g/mol. The molecule has 0 unspecified atom stereocenters. The van der Waals surface area contributed by atoms with Crippen molar-refractivity contribution >= 4 is 6.09 Å². The first-order valence-corrected chi connectivity index (χ1v) is 8.98. The lowest BCUT2D eigenvalue weighted by atomic mass is 9.94. The number of carbonyl (C=O) groups excluding carboxylic acids is 1. The maximum absolute atomic E-state index is 11.9. The van der Waals surface area contributed by atoms with Crippen molar-refractivity contribution in [2.45, 2.75) is 38.8 Å². The Bertz CT molecular complexity index is 626. The second-order valence-corrected chi connectivity index (χ2v) is 6.71. The third-order valence-corrected chi connectivity index (χ3v) is 5.21. The Labute approximate surface area is 149 Å². The molecule has 0 spiro atoms. The predicted octanol–water partition coefficient (Wildman–Crippen LogP) is 2.81. The summed E-state index contributed by atoms with van der Waals surface area (Å²) >= 11 is 0. The summed E-state index contributed by atoms with van der Waals surface area (Å²) in [6, 6.07) is 2.08. The second kappa shape index (κ2) is 7.95. The quantitative estimate of drug-likeness (QED) is 0.837. The van der Waals surface area contributed by atoms with Gasteiger partial charge in [0.15, 0.2) is 0 Å². The molecule has 3 rings (SSSR count). The van der Waals surface area contributed by atoms with Crippen molar-refractivity contribution in [3.63, 3.8) is 0 Å². The Morgan fingerprint density at radius 1 is 1.04 bits per heavy atom. The number of ether oxygens (including phenoxy) is 3. The summed E-state index contributed by atoms with van der Waals surface area (Å²) in [5, 5.41) is 0. The van der Waals surface area contributed by atoms with Crippen LogP contribution in [0.3, 0.4) is 0 Å². The maximum Gasteiger partial charge on any atom is 0.409 e. The molecule has 2 aliphatic rings. The molecule has 1 saturated heterocycles. The molecule has 2 heterocycles. The molecular formula is C19H28N2O4. The van der Waals surface area contributed by atoms with E-state index in [4.69, 9.17) is 14.2 Å². The first-order chi connectivity index (χ1) is 12.2. The van der Waals surface area contributed by atoms with Crippen LogP contribution in [0.5, 0.6) is 11.5 Å². The van der Waals surface area contributed by atoms with Crippen molar-refractivity contribution < 1.29 is 19.0 Å². The Morgan fingerprint density at radius 3 is 2.44 bits per heavy atom. The third kappa shape index (κ3) is 3.68. The van der Waals surface area contributed by atoms with Crippen molar-refractivity contribution in [3.05, 3.63) is 22.8 Å². The highest BCUT2D eigenvalue weighted by atomic mass is 16.5. The summed E-state index contributed by atoms with van der Waals surface area (Å²) in [6.07, 6.45) is 4.29.